The smallest absolute Gasteiger partial charge is 0.240 e. The van der Waals surface area contributed by atoms with Gasteiger partial charge in [0.15, 0.2) is 0 Å². The first kappa shape index (κ1) is 26.6. The van der Waals surface area contributed by atoms with Crippen molar-refractivity contribution in [3.05, 3.63) is 126 Å². The summed E-state index contributed by atoms with van der Waals surface area (Å²) in [5, 5.41) is 7.36. The number of aromatic nitrogens is 2. The van der Waals surface area contributed by atoms with Crippen molar-refractivity contribution < 1.29 is 18.4 Å². The number of rotatable bonds is 7. The van der Waals surface area contributed by atoms with Crippen molar-refractivity contribution >= 4 is 29.4 Å². The number of anilines is 1. The highest BCUT2D eigenvalue weighted by molar-refractivity contribution is 8.00. The molecule has 0 spiro atoms. The Morgan fingerprint density at radius 3 is 2.54 bits per heavy atom. The molecule has 0 bridgehead atoms. The molecule has 0 saturated heterocycles. The molecule has 1 aliphatic heterocycles. The highest BCUT2D eigenvalue weighted by Crippen LogP contribution is 2.49. The Balaban J connectivity index is 1.56. The van der Waals surface area contributed by atoms with E-state index in [1.165, 1.54) is 29.0 Å². The third-order valence-electron chi connectivity index (χ3n) is 7.01. The zero-order valence-electron chi connectivity index (χ0n) is 22.3. The van der Waals surface area contributed by atoms with Crippen molar-refractivity contribution in [2.45, 2.75) is 18.7 Å². The predicted octanol–water partition coefficient (Wildman–Crippen LogP) is 6.07. The molecule has 3 aromatic carbocycles. The van der Waals surface area contributed by atoms with Crippen LogP contribution in [0.1, 0.15) is 27.7 Å². The minimum absolute atomic E-state index is 0.0567. The van der Waals surface area contributed by atoms with Gasteiger partial charge in [-0.25, -0.2) is 9.07 Å². The van der Waals surface area contributed by atoms with Gasteiger partial charge in [0.05, 0.1) is 35.2 Å². The molecular weight excluding hydrogens is 539 g/mol. The van der Waals surface area contributed by atoms with Crippen molar-refractivity contribution in [1.29, 1.82) is 0 Å². The average Bonchev–Trinajstić information content (AvgIpc) is 3.62. The number of hydrogen-bond acceptors (Lipinski definition) is 5. The molecule has 0 saturated carbocycles. The summed E-state index contributed by atoms with van der Waals surface area (Å²) < 4.78 is 22.4. The standard InChI is InChI=1S/C32H27FN4O3S/c1-21-10-5-8-16-26(21)37-32-29(30(35-37)22-11-3-2-4-12-22)31(24-14-6-7-15-25(24)33)41-20-28(39)36(32)19-27(38)34-18-23-13-9-17-40-23/h2-17,31H,18-20H2,1H3,(H,34,38)/t31-/m1/s1. The van der Waals surface area contributed by atoms with E-state index >= 15 is 4.39 Å². The number of fused-ring (bicyclic) bond motifs is 1. The summed E-state index contributed by atoms with van der Waals surface area (Å²) >= 11 is 1.33. The molecule has 2 aromatic heterocycles. The summed E-state index contributed by atoms with van der Waals surface area (Å²) in [6.45, 7) is 1.93. The minimum atomic E-state index is -0.542. The zero-order chi connectivity index (χ0) is 28.3. The third kappa shape index (κ3) is 5.28. The first-order chi connectivity index (χ1) is 20.0. The Morgan fingerprint density at radius 2 is 1.78 bits per heavy atom. The molecule has 3 heterocycles. The van der Waals surface area contributed by atoms with E-state index in [9.17, 15) is 9.59 Å². The van der Waals surface area contributed by atoms with E-state index in [1.54, 1.807) is 35.0 Å². The molecule has 206 valence electrons. The number of para-hydroxylation sites is 1. The van der Waals surface area contributed by atoms with E-state index in [2.05, 4.69) is 5.32 Å². The Kier molecular flexibility index (Phi) is 7.43. The number of benzene rings is 3. The Hall–Kier alpha value is -4.63. The average molecular weight is 567 g/mol. The predicted molar refractivity (Wildman–Crippen MR) is 157 cm³/mol. The molecule has 6 rings (SSSR count). The number of hydrogen-bond donors (Lipinski definition) is 1. The lowest BCUT2D eigenvalue weighted by Gasteiger charge is -2.23. The fraction of sp³-hybridized carbons (Fsp3) is 0.156. The fourth-order valence-corrected chi connectivity index (χ4v) is 6.25. The first-order valence-electron chi connectivity index (χ1n) is 13.2. The molecule has 1 N–H and O–H groups in total. The number of thioether (sulfide) groups is 1. The summed E-state index contributed by atoms with van der Waals surface area (Å²) in [5.74, 6) is 0.130. The SMILES string of the molecule is Cc1ccccc1-n1nc(-c2ccccc2)c2c1N(CC(=O)NCc1ccco1)C(=O)CS[C@@H]2c1ccccc1F. The van der Waals surface area contributed by atoms with Gasteiger partial charge in [-0.15, -0.1) is 11.8 Å². The summed E-state index contributed by atoms with van der Waals surface area (Å²) in [7, 11) is 0. The van der Waals surface area contributed by atoms with Crippen LogP contribution in [-0.2, 0) is 16.1 Å². The molecule has 9 heteroatoms. The van der Waals surface area contributed by atoms with Crippen LogP contribution in [0.15, 0.2) is 102 Å². The van der Waals surface area contributed by atoms with Crippen LogP contribution in [-0.4, -0.2) is 33.9 Å². The lowest BCUT2D eigenvalue weighted by molar-refractivity contribution is -0.123. The van der Waals surface area contributed by atoms with Gasteiger partial charge in [-0.2, -0.15) is 5.10 Å². The number of halogens is 1. The Morgan fingerprint density at radius 1 is 1.02 bits per heavy atom. The normalized spacial score (nSPS) is 14.9. The molecule has 1 aliphatic rings. The first-order valence-corrected chi connectivity index (χ1v) is 14.3. The molecule has 2 amide bonds. The van der Waals surface area contributed by atoms with E-state index < -0.39 is 5.25 Å². The maximum atomic E-state index is 15.4. The van der Waals surface area contributed by atoms with Gasteiger partial charge in [-0.3, -0.25) is 14.5 Å². The topological polar surface area (TPSA) is 80.4 Å². The van der Waals surface area contributed by atoms with Gasteiger partial charge < -0.3 is 9.73 Å². The molecule has 0 aliphatic carbocycles. The number of carbonyl (C=O) groups is 2. The largest absolute Gasteiger partial charge is 0.467 e. The van der Waals surface area contributed by atoms with E-state index in [4.69, 9.17) is 9.52 Å². The summed E-state index contributed by atoms with van der Waals surface area (Å²) in [5.41, 5.74) is 4.29. The molecule has 7 nitrogen and oxygen atoms in total. The van der Waals surface area contributed by atoms with Crippen molar-refractivity contribution in [2.75, 3.05) is 17.2 Å². The van der Waals surface area contributed by atoms with Crippen LogP contribution in [0, 0.1) is 12.7 Å². The van der Waals surface area contributed by atoms with E-state index in [-0.39, 0.29) is 36.5 Å². The van der Waals surface area contributed by atoms with Crippen LogP contribution in [0.3, 0.4) is 0 Å². The van der Waals surface area contributed by atoms with Gasteiger partial charge in [-0.1, -0.05) is 66.7 Å². The zero-order valence-corrected chi connectivity index (χ0v) is 23.1. The van der Waals surface area contributed by atoms with Gasteiger partial charge >= 0.3 is 0 Å². The third-order valence-corrected chi connectivity index (χ3v) is 8.25. The molecule has 41 heavy (non-hydrogen) atoms. The van der Waals surface area contributed by atoms with Gasteiger partial charge in [-0.05, 0) is 36.8 Å². The van der Waals surface area contributed by atoms with Gasteiger partial charge in [0.1, 0.15) is 23.9 Å². The summed E-state index contributed by atoms with van der Waals surface area (Å²) in [6, 6.07) is 27.5. The highest BCUT2D eigenvalue weighted by Gasteiger charge is 2.38. The molecule has 0 fully saturated rings. The fourth-order valence-electron chi connectivity index (χ4n) is 5.03. The highest BCUT2D eigenvalue weighted by atomic mass is 32.2. The molecule has 0 radical (unpaired) electrons. The second kappa shape index (κ2) is 11.5. The van der Waals surface area contributed by atoms with Gasteiger partial charge in [0.2, 0.25) is 11.8 Å². The van der Waals surface area contributed by atoms with Crippen molar-refractivity contribution in [3.63, 3.8) is 0 Å². The number of furan rings is 1. The number of nitrogens with one attached hydrogen (secondary N) is 1. The maximum absolute atomic E-state index is 15.4. The molecule has 1 atom stereocenters. The Labute approximate surface area is 241 Å². The lowest BCUT2D eigenvalue weighted by atomic mass is 9.99. The van der Waals surface area contributed by atoms with E-state index in [0.717, 1.165) is 16.8 Å². The van der Waals surface area contributed by atoms with Crippen LogP contribution in [0.4, 0.5) is 10.2 Å². The van der Waals surface area contributed by atoms with Gasteiger partial charge in [0.25, 0.3) is 0 Å². The summed E-state index contributed by atoms with van der Waals surface area (Å²) in [6.07, 6.45) is 1.54. The molecule has 5 aromatic rings. The van der Waals surface area contributed by atoms with Crippen LogP contribution >= 0.6 is 11.8 Å². The van der Waals surface area contributed by atoms with Gasteiger partial charge in [0, 0.05) is 16.7 Å². The molecular formula is C32H27FN4O3S. The quantitative estimate of drug-likeness (QED) is 0.259. The molecule has 0 unspecified atom stereocenters. The minimum Gasteiger partial charge on any atom is -0.467 e. The van der Waals surface area contributed by atoms with Crippen LogP contribution in [0.5, 0.6) is 0 Å². The van der Waals surface area contributed by atoms with E-state index in [0.29, 0.717) is 28.4 Å². The Bertz CT molecular complexity index is 1700. The monoisotopic (exact) mass is 566 g/mol. The maximum Gasteiger partial charge on any atom is 0.240 e. The lowest BCUT2D eigenvalue weighted by Crippen LogP contribution is -2.42. The van der Waals surface area contributed by atoms with E-state index in [1.807, 2.05) is 61.5 Å². The number of nitrogens with zero attached hydrogens (tertiary/aromatic N) is 3. The summed E-state index contributed by atoms with van der Waals surface area (Å²) in [4.78, 5) is 28.5. The second-order valence-corrected chi connectivity index (χ2v) is 10.8. The van der Waals surface area contributed by atoms with Crippen LogP contribution < -0.4 is 10.2 Å². The van der Waals surface area contributed by atoms with Crippen molar-refractivity contribution in [1.82, 2.24) is 15.1 Å². The van der Waals surface area contributed by atoms with Crippen molar-refractivity contribution in [2.24, 2.45) is 0 Å². The second-order valence-electron chi connectivity index (χ2n) is 9.70. The number of amides is 2. The number of carbonyl (C=O) groups excluding carboxylic acids is 2. The number of aryl methyl sites for hydroxylation is 1. The van der Waals surface area contributed by atoms with Crippen LogP contribution in [0.25, 0.3) is 16.9 Å². The van der Waals surface area contributed by atoms with Crippen LogP contribution in [0.2, 0.25) is 0 Å². The van der Waals surface area contributed by atoms with Crippen molar-refractivity contribution in [3.8, 4) is 16.9 Å².